The van der Waals surface area contributed by atoms with Crippen LogP contribution in [-0.4, -0.2) is 36.7 Å². The fraction of sp³-hybridized carbons (Fsp3) is 0.435. The fourth-order valence-corrected chi connectivity index (χ4v) is 4.87. The van der Waals surface area contributed by atoms with Crippen molar-refractivity contribution in [3.8, 4) is 17.2 Å². The van der Waals surface area contributed by atoms with Gasteiger partial charge in [-0.1, -0.05) is 43.0 Å². The Kier molecular flexibility index (Phi) is 5.68. The molecule has 3 aromatic rings. The topological polar surface area (TPSA) is 85.6 Å². The molecule has 0 aliphatic heterocycles. The van der Waals surface area contributed by atoms with Crippen molar-refractivity contribution in [1.82, 2.24) is 30.0 Å². The quantitative estimate of drug-likeness (QED) is 0.643. The second-order valence-electron chi connectivity index (χ2n) is 8.47. The standard InChI is InChI=1S/C23H25ClN6O/c24-18-8-4-5-9-20(18)30-21(28-29-22(30)19-10-11-25-14-26-19)16-12-17(13-16)27-23(31)15-6-2-1-3-7-15/h4-5,8-11,14-17H,1-3,6-7,12-13H2,(H,27,31). The number of halogens is 1. The van der Waals surface area contributed by atoms with Gasteiger partial charge in [0.2, 0.25) is 5.91 Å². The van der Waals surface area contributed by atoms with Gasteiger partial charge in [-0.25, -0.2) is 9.97 Å². The van der Waals surface area contributed by atoms with Crippen molar-refractivity contribution in [2.45, 2.75) is 56.9 Å². The molecule has 0 atom stereocenters. The summed E-state index contributed by atoms with van der Waals surface area (Å²) >= 11 is 6.53. The van der Waals surface area contributed by atoms with E-state index in [0.717, 1.165) is 50.0 Å². The molecule has 31 heavy (non-hydrogen) atoms. The lowest BCUT2D eigenvalue weighted by molar-refractivity contribution is -0.127. The van der Waals surface area contributed by atoms with E-state index >= 15 is 0 Å². The van der Waals surface area contributed by atoms with Gasteiger partial charge in [-0.2, -0.15) is 0 Å². The Balaban J connectivity index is 1.37. The first-order chi connectivity index (χ1) is 15.2. The van der Waals surface area contributed by atoms with Crippen molar-refractivity contribution < 1.29 is 4.79 Å². The van der Waals surface area contributed by atoms with Crippen molar-refractivity contribution >= 4 is 17.5 Å². The zero-order valence-electron chi connectivity index (χ0n) is 17.2. The van der Waals surface area contributed by atoms with E-state index in [9.17, 15) is 4.79 Å². The molecule has 0 radical (unpaired) electrons. The molecule has 2 fully saturated rings. The smallest absolute Gasteiger partial charge is 0.223 e. The van der Waals surface area contributed by atoms with Crippen molar-refractivity contribution in [3.05, 3.63) is 53.7 Å². The summed E-state index contributed by atoms with van der Waals surface area (Å²) in [5.41, 5.74) is 1.52. The number of nitrogens with zero attached hydrogens (tertiary/aromatic N) is 5. The monoisotopic (exact) mass is 436 g/mol. The van der Waals surface area contributed by atoms with Crippen LogP contribution in [0.2, 0.25) is 5.02 Å². The summed E-state index contributed by atoms with van der Waals surface area (Å²) in [7, 11) is 0. The molecule has 0 unspecified atom stereocenters. The van der Waals surface area contributed by atoms with Crippen molar-refractivity contribution in [3.63, 3.8) is 0 Å². The predicted octanol–water partition coefficient (Wildman–Crippen LogP) is 4.32. The maximum absolute atomic E-state index is 12.6. The van der Waals surface area contributed by atoms with Gasteiger partial charge in [-0.05, 0) is 43.9 Å². The van der Waals surface area contributed by atoms with Gasteiger partial charge in [0.25, 0.3) is 0 Å². The molecule has 1 aromatic carbocycles. The zero-order chi connectivity index (χ0) is 21.2. The lowest BCUT2D eigenvalue weighted by Gasteiger charge is -2.36. The average Bonchev–Trinajstić information content (AvgIpc) is 3.21. The third-order valence-electron chi connectivity index (χ3n) is 6.42. The first-order valence-corrected chi connectivity index (χ1v) is 11.4. The minimum Gasteiger partial charge on any atom is -0.353 e. The van der Waals surface area contributed by atoms with E-state index in [1.807, 2.05) is 34.9 Å². The van der Waals surface area contributed by atoms with Gasteiger partial charge in [-0.3, -0.25) is 9.36 Å². The molecule has 5 rings (SSSR count). The van der Waals surface area contributed by atoms with E-state index in [1.165, 1.54) is 12.7 Å². The molecule has 0 bridgehead atoms. The van der Waals surface area contributed by atoms with Gasteiger partial charge < -0.3 is 5.32 Å². The second kappa shape index (κ2) is 8.75. The number of carbonyl (C=O) groups excluding carboxylic acids is 1. The zero-order valence-corrected chi connectivity index (χ0v) is 18.0. The van der Waals surface area contributed by atoms with Gasteiger partial charge in [0.1, 0.15) is 17.8 Å². The minimum atomic E-state index is 0.184. The molecule has 1 N–H and O–H groups in total. The average molecular weight is 437 g/mol. The van der Waals surface area contributed by atoms with Crippen LogP contribution in [0.3, 0.4) is 0 Å². The van der Waals surface area contributed by atoms with Crippen LogP contribution in [-0.2, 0) is 4.79 Å². The van der Waals surface area contributed by atoms with E-state index in [2.05, 4.69) is 25.5 Å². The third-order valence-corrected chi connectivity index (χ3v) is 6.74. The number of hydrogen-bond donors (Lipinski definition) is 1. The number of benzene rings is 1. The lowest BCUT2D eigenvalue weighted by Crippen LogP contribution is -2.46. The van der Waals surface area contributed by atoms with E-state index in [-0.39, 0.29) is 23.8 Å². The predicted molar refractivity (Wildman–Crippen MR) is 118 cm³/mol. The molecule has 2 heterocycles. The normalized spacial score (nSPS) is 21.5. The highest BCUT2D eigenvalue weighted by molar-refractivity contribution is 6.32. The number of amides is 1. The Morgan fingerprint density at radius 3 is 2.61 bits per heavy atom. The molecule has 8 heteroatoms. The third kappa shape index (κ3) is 4.06. The van der Waals surface area contributed by atoms with E-state index < -0.39 is 0 Å². The number of carbonyl (C=O) groups is 1. The highest BCUT2D eigenvalue weighted by atomic mass is 35.5. The van der Waals surface area contributed by atoms with Gasteiger partial charge in [-0.15, -0.1) is 10.2 Å². The Bertz CT molecular complexity index is 1060. The summed E-state index contributed by atoms with van der Waals surface area (Å²) in [6.45, 7) is 0. The summed E-state index contributed by atoms with van der Waals surface area (Å²) in [6.07, 6.45) is 10.5. The largest absolute Gasteiger partial charge is 0.353 e. The van der Waals surface area contributed by atoms with Gasteiger partial charge >= 0.3 is 0 Å². The maximum atomic E-state index is 12.6. The summed E-state index contributed by atoms with van der Waals surface area (Å²) in [4.78, 5) is 20.9. The van der Waals surface area contributed by atoms with Crippen LogP contribution in [0.1, 0.15) is 56.7 Å². The van der Waals surface area contributed by atoms with Gasteiger partial charge in [0.15, 0.2) is 5.82 Å². The van der Waals surface area contributed by atoms with Crippen molar-refractivity contribution in [2.75, 3.05) is 0 Å². The number of para-hydroxylation sites is 1. The van der Waals surface area contributed by atoms with E-state index in [1.54, 1.807) is 6.20 Å². The van der Waals surface area contributed by atoms with Crippen LogP contribution < -0.4 is 5.32 Å². The Morgan fingerprint density at radius 2 is 1.87 bits per heavy atom. The lowest BCUT2D eigenvalue weighted by atomic mass is 9.78. The van der Waals surface area contributed by atoms with Crippen LogP contribution in [0.25, 0.3) is 17.2 Å². The van der Waals surface area contributed by atoms with Crippen LogP contribution in [0.5, 0.6) is 0 Å². The van der Waals surface area contributed by atoms with Crippen LogP contribution >= 0.6 is 11.6 Å². The molecule has 0 spiro atoms. The molecule has 0 saturated heterocycles. The maximum Gasteiger partial charge on any atom is 0.223 e. The second-order valence-corrected chi connectivity index (χ2v) is 8.88. The Morgan fingerprint density at radius 1 is 1.06 bits per heavy atom. The summed E-state index contributed by atoms with van der Waals surface area (Å²) in [5.74, 6) is 2.10. The van der Waals surface area contributed by atoms with E-state index in [0.29, 0.717) is 16.5 Å². The highest BCUT2D eigenvalue weighted by Crippen LogP contribution is 2.39. The van der Waals surface area contributed by atoms with Crippen LogP contribution in [0.4, 0.5) is 0 Å². The molecule has 2 aliphatic rings. The number of rotatable bonds is 5. The van der Waals surface area contributed by atoms with Gasteiger partial charge in [0, 0.05) is 24.1 Å². The fourth-order valence-electron chi connectivity index (χ4n) is 4.65. The van der Waals surface area contributed by atoms with Crippen molar-refractivity contribution in [2.24, 2.45) is 5.92 Å². The molecule has 7 nitrogen and oxygen atoms in total. The molecule has 1 amide bonds. The Hall–Kier alpha value is -2.80. The number of nitrogens with one attached hydrogen (secondary N) is 1. The minimum absolute atomic E-state index is 0.184. The van der Waals surface area contributed by atoms with Crippen LogP contribution in [0, 0.1) is 5.92 Å². The summed E-state index contributed by atoms with van der Waals surface area (Å²) in [6, 6.07) is 9.68. The molecule has 2 saturated carbocycles. The molecule has 2 aromatic heterocycles. The van der Waals surface area contributed by atoms with Crippen LogP contribution in [0.15, 0.2) is 42.9 Å². The number of aromatic nitrogens is 5. The highest BCUT2D eigenvalue weighted by Gasteiger charge is 2.37. The van der Waals surface area contributed by atoms with Gasteiger partial charge in [0.05, 0.1) is 10.7 Å². The molecular weight excluding hydrogens is 412 g/mol. The molecule has 2 aliphatic carbocycles. The first-order valence-electron chi connectivity index (χ1n) is 11.0. The Labute approximate surface area is 186 Å². The van der Waals surface area contributed by atoms with E-state index in [4.69, 9.17) is 11.6 Å². The first kappa shape index (κ1) is 20.1. The SMILES string of the molecule is O=C(NC1CC(c2nnc(-c3ccncn3)n2-c2ccccc2Cl)C1)C1CCCCC1. The number of hydrogen-bond acceptors (Lipinski definition) is 5. The molecule has 160 valence electrons. The van der Waals surface area contributed by atoms with Crippen molar-refractivity contribution in [1.29, 1.82) is 0 Å². The molecular formula is C23H25ClN6O. The summed E-state index contributed by atoms with van der Waals surface area (Å²) < 4.78 is 1.99. The summed E-state index contributed by atoms with van der Waals surface area (Å²) in [5, 5.41) is 12.8.